The maximum absolute atomic E-state index is 11.8. The number of carbonyl (C=O) groups excluding carboxylic acids is 1. The quantitative estimate of drug-likeness (QED) is 0.593. The third kappa shape index (κ3) is 2.93. The molecule has 1 aliphatic rings. The number of hydrogen-bond donors (Lipinski definition) is 3. The number of aliphatic hydroxyl groups is 1. The van der Waals surface area contributed by atoms with Crippen LogP contribution in [-0.2, 0) is 14.3 Å². The molecule has 92 valence electrons. The van der Waals surface area contributed by atoms with Crippen LogP contribution in [0.3, 0.4) is 0 Å². The molecule has 0 aromatic rings. The summed E-state index contributed by atoms with van der Waals surface area (Å²) in [7, 11) is 0. The number of carbonyl (C=O) groups is 2. The van der Waals surface area contributed by atoms with Crippen LogP contribution in [0.15, 0.2) is 0 Å². The molecule has 0 radical (unpaired) electrons. The molecule has 16 heavy (non-hydrogen) atoms. The molecule has 0 aliphatic carbocycles. The monoisotopic (exact) mass is 231 g/mol. The van der Waals surface area contributed by atoms with E-state index in [1.807, 2.05) is 0 Å². The fourth-order valence-electron chi connectivity index (χ4n) is 1.66. The number of rotatable bonds is 5. The van der Waals surface area contributed by atoms with Crippen LogP contribution in [-0.4, -0.2) is 46.9 Å². The van der Waals surface area contributed by atoms with Crippen LogP contribution in [0.1, 0.15) is 26.2 Å². The number of nitrogens with one attached hydrogen (secondary N) is 1. The Morgan fingerprint density at radius 1 is 1.56 bits per heavy atom. The molecule has 0 aromatic heterocycles. The van der Waals surface area contributed by atoms with Gasteiger partial charge in [0, 0.05) is 19.6 Å². The molecule has 1 fully saturated rings. The highest BCUT2D eigenvalue weighted by atomic mass is 16.5. The molecule has 1 amide bonds. The van der Waals surface area contributed by atoms with Gasteiger partial charge in [-0.3, -0.25) is 4.79 Å². The Hall–Kier alpha value is -1.14. The fourth-order valence-corrected chi connectivity index (χ4v) is 1.66. The minimum Gasteiger partial charge on any atom is -0.480 e. The Morgan fingerprint density at radius 2 is 2.25 bits per heavy atom. The van der Waals surface area contributed by atoms with Gasteiger partial charge in [-0.05, 0) is 19.8 Å². The van der Waals surface area contributed by atoms with E-state index in [1.165, 1.54) is 0 Å². The summed E-state index contributed by atoms with van der Waals surface area (Å²) < 4.78 is 5.29. The van der Waals surface area contributed by atoms with Crippen molar-refractivity contribution in [2.24, 2.45) is 0 Å². The molecular weight excluding hydrogens is 214 g/mol. The van der Waals surface area contributed by atoms with Crippen molar-refractivity contribution in [3.05, 3.63) is 0 Å². The average molecular weight is 231 g/mol. The van der Waals surface area contributed by atoms with Crippen LogP contribution in [0.25, 0.3) is 0 Å². The smallest absolute Gasteiger partial charge is 0.326 e. The molecule has 0 saturated carbocycles. The van der Waals surface area contributed by atoms with E-state index in [-0.39, 0.29) is 13.0 Å². The largest absolute Gasteiger partial charge is 0.480 e. The van der Waals surface area contributed by atoms with Crippen molar-refractivity contribution >= 4 is 11.9 Å². The van der Waals surface area contributed by atoms with Crippen molar-refractivity contribution in [1.29, 1.82) is 0 Å². The second kappa shape index (κ2) is 5.27. The lowest BCUT2D eigenvalue weighted by atomic mass is 10.0. The molecule has 0 bridgehead atoms. The fraction of sp³-hybridized carbons (Fsp3) is 0.800. The van der Waals surface area contributed by atoms with Crippen LogP contribution >= 0.6 is 0 Å². The highest BCUT2D eigenvalue weighted by Crippen LogP contribution is 2.25. The lowest BCUT2D eigenvalue weighted by Gasteiger charge is -2.24. The zero-order chi connectivity index (χ0) is 12.2. The second-order valence-corrected chi connectivity index (χ2v) is 4.06. The third-order valence-corrected chi connectivity index (χ3v) is 2.72. The predicted molar refractivity (Wildman–Crippen MR) is 54.9 cm³/mol. The summed E-state index contributed by atoms with van der Waals surface area (Å²) >= 11 is 0. The molecule has 0 spiro atoms. The van der Waals surface area contributed by atoms with E-state index in [0.717, 1.165) is 6.42 Å². The van der Waals surface area contributed by atoms with Gasteiger partial charge in [0.1, 0.15) is 11.6 Å². The van der Waals surface area contributed by atoms with Crippen LogP contribution in [0.2, 0.25) is 0 Å². The Kier molecular flexibility index (Phi) is 4.26. The Morgan fingerprint density at radius 3 is 2.69 bits per heavy atom. The first-order valence-corrected chi connectivity index (χ1v) is 5.28. The third-order valence-electron chi connectivity index (χ3n) is 2.72. The highest BCUT2D eigenvalue weighted by Gasteiger charge is 2.39. The van der Waals surface area contributed by atoms with Gasteiger partial charge in [0.15, 0.2) is 0 Å². The second-order valence-electron chi connectivity index (χ2n) is 4.06. The summed E-state index contributed by atoms with van der Waals surface area (Å²) in [6.07, 6.45) is 1.38. The van der Waals surface area contributed by atoms with Crippen molar-refractivity contribution < 1.29 is 24.5 Å². The maximum Gasteiger partial charge on any atom is 0.326 e. The van der Waals surface area contributed by atoms with Crippen molar-refractivity contribution in [1.82, 2.24) is 5.32 Å². The van der Waals surface area contributed by atoms with E-state index in [9.17, 15) is 9.59 Å². The Labute approximate surface area is 93.6 Å². The summed E-state index contributed by atoms with van der Waals surface area (Å²) in [6, 6.07) is -1.06. The van der Waals surface area contributed by atoms with E-state index in [0.29, 0.717) is 13.0 Å². The van der Waals surface area contributed by atoms with E-state index in [1.54, 1.807) is 6.92 Å². The number of carboxylic acid groups (broad SMARTS) is 1. The molecule has 2 atom stereocenters. The molecule has 1 rings (SSSR count). The van der Waals surface area contributed by atoms with Crippen molar-refractivity contribution in [3.8, 4) is 0 Å². The summed E-state index contributed by atoms with van der Waals surface area (Å²) in [5.41, 5.74) is -0.927. The van der Waals surface area contributed by atoms with Gasteiger partial charge in [0.2, 0.25) is 0 Å². The lowest BCUT2D eigenvalue weighted by Crippen LogP contribution is -2.50. The summed E-state index contributed by atoms with van der Waals surface area (Å²) in [5, 5.41) is 19.9. The Bertz CT molecular complexity index is 272. The lowest BCUT2D eigenvalue weighted by molar-refractivity contribution is -0.147. The number of aliphatic hydroxyl groups excluding tert-OH is 1. The average Bonchev–Trinajstić information content (AvgIpc) is 2.65. The van der Waals surface area contributed by atoms with Gasteiger partial charge in [-0.2, -0.15) is 0 Å². The first-order chi connectivity index (χ1) is 7.49. The number of aliphatic carboxylic acids is 1. The highest BCUT2D eigenvalue weighted by molar-refractivity contribution is 5.89. The van der Waals surface area contributed by atoms with Crippen LogP contribution in [0, 0.1) is 0 Å². The molecular formula is C10H17NO5. The summed E-state index contributed by atoms with van der Waals surface area (Å²) in [6.45, 7) is 1.88. The van der Waals surface area contributed by atoms with Crippen LogP contribution < -0.4 is 5.32 Å². The number of carboxylic acids is 1. The standard InChI is InChI=1S/C10H17NO5/c1-10(4-2-6-16-10)9(15)11-7(3-5-12)8(13)14/h7,12H,2-6H2,1H3,(H,11,15)(H,13,14)/t7-,10?/m0/s1. The minimum absolute atomic E-state index is 0.00282. The number of amides is 1. The van der Waals surface area contributed by atoms with Crippen LogP contribution in [0.4, 0.5) is 0 Å². The van der Waals surface area contributed by atoms with Gasteiger partial charge in [-0.1, -0.05) is 0 Å². The molecule has 1 aliphatic heterocycles. The molecule has 1 heterocycles. The molecule has 3 N–H and O–H groups in total. The maximum atomic E-state index is 11.8. The van der Waals surface area contributed by atoms with Gasteiger partial charge in [-0.15, -0.1) is 0 Å². The van der Waals surface area contributed by atoms with Gasteiger partial charge >= 0.3 is 5.97 Å². The van der Waals surface area contributed by atoms with Crippen molar-refractivity contribution in [2.75, 3.05) is 13.2 Å². The van der Waals surface area contributed by atoms with Gasteiger partial charge in [0.25, 0.3) is 5.91 Å². The van der Waals surface area contributed by atoms with Crippen molar-refractivity contribution in [3.63, 3.8) is 0 Å². The normalized spacial score (nSPS) is 26.4. The minimum atomic E-state index is -1.15. The topological polar surface area (TPSA) is 95.9 Å². The number of hydrogen-bond acceptors (Lipinski definition) is 4. The molecule has 0 aromatic carbocycles. The Balaban J connectivity index is 2.57. The number of ether oxygens (including phenoxy) is 1. The van der Waals surface area contributed by atoms with E-state index in [2.05, 4.69) is 5.32 Å². The first-order valence-electron chi connectivity index (χ1n) is 5.28. The van der Waals surface area contributed by atoms with Crippen LogP contribution in [0.5, 0.6) is 0 Å². The SMILES string of the molecule is CC1(C(=O)N[C@@H](CCO)C(=O)O)CCCO1. The van der Waals surface area contributed by atoms with Gasteiger partial charge in [-0.25, -0.2) is 4.79 Å². The zero-order valence-electron chi connectivity index (χ0n) is 9.23. The van der Waals surface area contributed by atoms with Gasteiger partial charge in [0.05, 0.1) is 0 Å². The summed E-state index contributed by atoms with van der Waals surface area (Å²) in [4.78, 5) is 22.6. The first kappa shape index (κ1) is 12.9. The summed E-state index contributed by atoms with van der Waals surface area (Å²) in [5.74, 6) is -1.57. The zero-order valence-corrected chi connectivity index (χ0v) is 9.23. The molecule has 6 heteroatoms. The van der Waals surface area contributed by atoms with Gasteiger partial charge < -0.3 is 20.3 Å². The van der Waals surface area contributed by atoms with E-state index >= 15 is 0 Å². The van der Waals surface area contributed by atoms with E-state index in [4.69, 9.17) is 14.9 Å². The van der Waals surface area contributed by atoms with Crippen molar-refractivity contribution in [2.45, 2.75) is 37.8 Å². The molecule has 1 saturated heterocycles. The molecule has 1 unspecified atom stereocenters. The predicted octanol–water partition coefficient (Wildman–Crippen LogP) is -0.493. The molecule has 6 nitrogen and oxygen atoms in total. The van der Waals surface area contributed by atoms with E-state index < -0.39 is 23.5 Å².